The van der Waals surface area contributed by atoms with Crippen molar-refractivity contribution in [1.82, 2.24) is 10.6 Å². The standard InChI is InChI=1S/C19H19F6N5/c20-18(21,22)11-6-7-13(14(10-11)19(23,24)25)16-15(8-9-26)28-17(30-29-16)27-12-4-2-1-3-5-12/h6-10,12,26H,1-5H2,(H2,27,28,30)/b15-8-,26-9?. The number of hydrogen-bond donors (Lipinski definition) is 3. The van der Waals surface area contributed by atoms with Crippen molar-refractivity contribution in [3.8, 4) is 0 Å². The van der Waals surface area contributed by atoms with Crippen LogP contribution in [0.4, 0.5) is 26.3 Å². The Kier molecular flexibility index (Phi) is 6.18. The Morgan fingerprint density at radius 1 is 1.00 bits per heavy atom. The normalized spacial score (nSPS) is 19.7. The minimum atomic E-state index is -5.04. The molecule has 0 amide bonds. The average Bonchev–Trinajstić information content (AvgIpc) is 2.67. The number of benzene rings is 1. The van der Waals surface area contributed by atoms with Gasteiger partial charge in [0.1, 0.15) is 5.71 Å². The SMILES string of the molecule is N=C/C=C1\NC(NC2CCCCC2)=NN=C1c1ccc(C(F)(F)F)cc1C(F)(F)F. The van der Waals surface area contributed by atoms with E-state index in [4.69, 9.17) is 5.41 Å². The van der Waals surface area contributed by atoms with Gasteiger partial charge in [0.15, 0.2) is 0 Å². The van der Waals surface area contributed by atoms with Gasteiger partial charge in [0.05, 0.1) is 16.8 Å². The maximum Gasteiger partial charge on any atom is 0.417 e. The van der Waals surface area contributed by atoms with Crippen LogP contribution in [0.5, 0.6) is 0 Å². The van der Waals surface area contributed by atoms with Crippen LogP contribution in [-0.2, 0) is 12.4 Å². The first-order valence-corrected chi connectivity index (χ1v) is 9.28. The molecule has 3 rings (SSSR count). The number of allylic oxidation sites excluding steroid dienone is 2. The van der Waals surface area contributed by atoms with E-state index in [9.17, 15) is 26.3 Å². The fourth-order valence-electron chi connectivity index (χ4n) is 3.44. The summed E-state index contributed by atoms with van der Waals surface area (Å²) in [5.74, 6) is 0.222. The number of halogens is 6. The Morgan fingerprint density at radius 3 is 2.30 bits per heavy atom. The molecule has 0 saturated heterocycles. The molecule has 1 aromatic rings. The first kappa shape index (κ1) is 21.8. The molecule has 1 aliphatic heterocycles. The minimum Gasteiger partial charge on any atom is -0.352 e. The molecule has 0 unspecified atom stereocenters. The Balaban J connectivity index is 2.01. The number of alkyl halides is 6. The smallest absolute Gasteiger partial charge is 0.352 e. The molecule has 1 fully saturated rings. The Labute approximate surface area is 168 Å². The van der Waals surface area contributed by atoms with Gasteiger partial charge in [-0.3, -0.25) is 0 Å². The van der Waals surface area contributed by atoms with Crippen LogP contribution in [0.25, 0.3) is 0 Å². The lowest BCUT2D eigenvalue weighted by Crippen LogP contribution is -2.46. The molecule has 0 atom stereocenters. The third kappa shape index (κ3) is 5.00. The van der Waals surface area contributed by atoms with E-state index in [0.29, 0.717) is 6.07 Å². The molecule has 1 saturated carbocycles. The van der Waals surface area contributed by atoms with Crippen molar-refractivity contribution in [1.29, 1.82) is 5.41 Å². The first-order chi connectivity index (χ1) is 14.1. The fraction of sp³-hybridized carbons (Fsp3) is 0.421. The molecule has 3 N–H and O–H groups in total. The molecule has 0 spiro atoms. The van der Waals surface area contributed by atoms with Gasteiger partial charge >= 0.3 is 12.4 Å². The van der Waals surface area contributed by atoms with Crippen molar-refractivity contribution in [2.45, 2.75) is 50.5 Å². The van der Waals surface area contributed by atoms with E-state index in [-0.39, 0.29) is 29.5 Å². The van der Waals surface area contributed by atoms with Gasteiger partial charge < -0.3 is 16.0 Å². The molecule has 0 bridgehead atoms. The molecule has 11 heteroatoms. The molecule has 162 valence electrons. The predicted molar refractivity (Wildman–Crippen MR) is 100 cm³/mol. The molecule has 1 aromatic carbocycles. The van der Waals surface area contributed by atoms with Crippen molar-refractivity contribution >= 4 is 17.9 Å². The van der Waals surface area contributed by atoms with Crippen LogP contribution in [0, 0.1) is 5.41 Å². The fourth-order valence-corrected chi connectivity index (χ4v) is 3.44. The maximum absolute atomic E-state index is 13.5. The Bertz CT molecular complexity index is 892. The molecular formula is C19H19F6N5. The summed E-state index contributed by atoms with van der Waals surface area (Å²) in [4.78, 5) is 0. The molecule has 5 nitrogen and oxygen atoms in total. The topological polar surface area (TPSA) is 72.6 Å². The quantitative estimate of drug-likeness (QED) is 0.473. The van der Waals surface area contributed by atoms with Gasteiger partial charge in [-0.2, -0.15) is 26.3 Å². The Morgan fingerprint density at radius 2 is 1.70 bits per heavy atom. The molecule has 2 aliphatic rings. The maximum atomic E-state index is 13.5. The number of hydrogen-bond acceptors (Lipinski definition) is 5. The number of nitrogens with one attached hydrogen (secondary N) is 3. The molecular weight excluding hydrogens is 412 g/mol. The highest BCUT2D eigenvalue weighted by Crippen LogP contribution is 2.38. The van der Waals surface area contributed by atoms with Crippen LogP contribution >= 0.6 is 0 Å². The summed E-state index contributed by atoms with van der Waals surface area (Å²) in [6.07, 6.45) is -2.89. The highest BCUT2D eigenvalue weighted by atomic mass is 19.4. The van der Waals surface area contributed by atoms with Gasteiger partial charge in [0.25, 0.3) is 0 Å². The zero-order valence-electron chi connectivity index (χ0n) is 15.7. The second-order valence-electron chi connectivity index (χ2n) is 7.00. The van der Waals surface area contributed by atoms with E-state index < -0.39 is 29.0 Å². The third-order valence-corrected chi connectivity index (χ3v) is 4.86. The zero-order valence-corrected chi connectivity index (χ0v) is 15.7. The minimum absolute atomic E-state index is 0.0311. The Hall–Kier alpha value is -2.85. The van der Waals surface area contributed by atoms with Gasteiger partial charge in [-0.25, -0.2) is 0 Å². The summed E-state index contributed by atoms with van der Waals surface area (Å²) in [7, 11) is 0. The summed E-state index contributed by atoms with van der Waals surface area (Å²) in [5.41, 5.74) is -3.72. The molecule has 30 heavy (non-hydrogen) atoms. The highest BCUT2D eigenvalue weighted by Gasteiger charge is 2.39. The monoisotopic (exact) mass is 431 g/mol. The van der Waals surface area contributed by atoms with E-state index in [2.05, 4.69) is 20.8 Å². The molecule has 1 heterocycles. The first-order valence-electron chi connectivity index (χ1n) is 9.28. The van der Waals surface area contributed by atoms with E-state index in [1.807, 2.05) is 0 Å². The third-order valence-electron chi connectivity index (χ3n) is 4.86. The lowest BCUT2D eigenvalue weighted by molar-refractivity contribution is -0.143. The van der Waals surface area contributed by atoms with Gasteiger partial charge in [-0.1, -0.05) is 25.3 Å². The number of nitrogens with zero attached hydrogens (tertiary/aromatic N) is 2. The van der Waals surface area contributed by atoms with Crippen LogP contribution in [0.15, 0.2) is 40.2 Å². The van der Waals surface area contributed by atoms with Crippen LogP contribution < -0.4 is 10.6 Å². The van der Waals surface area contributed by atoms with Crippen molar-refractivity contribution in [3.63, 3.8) is 0 Å². The molecule has 1 aliphatic carbocycles. The molecule has 0 radical (unpaired) electrons. The van der Waals surface area contributed by atoms with E-state index in [0.717, 1.165) is 44.4 Å². The largest absolute Gasteiger partial charge is 0.417 e. The van der Waals surface area contributed by atoms with Gasteiger partial charge in [-0.05, 0) is 31.1 Å². The number of rotatable bonds is 3. The summed E-state index contributed by atoms with van der Waals surface area (Å²) < 4.78 is 79.3. The summed E-state index contributed by atoms with van der Waals surface area (Å²) in [6, 6.07) is 1.48. The van der Waals surface area contributed by atoms with Crippen LogP contribution in [0.3, 0.4) is 0 Å². The van der Waals surface area contributed by atoms with Crippen LogP contribution in [0.2, 0.25) is 0 Å². The predicted octanol–water partition coefficient (Wildman–Crippen LogP) is 4.84. The van der Waals surface area contributed by atoms with Crippen molar-refractivity contribution in [2.24, 2.45) is 10.2 Å². The zero-order chi connectivity index (χ0) is 21.9. The summed E-state index contributed by atoms with van der Waals surface area (Å²) >= 11 is 0. The highest BCUT2D eigenvalue weighted by molar-refractivity contribution is 6.17. The summed E-state index contributed by atoms with van der Waals surface area (Å²) in [6.45, 7) is 0. The molecule has 0 aromatic heterocycles. The lowest BCUT2D eigenvalue weighted by Gasteiger charge is -2.27. The van der Waals surface area contributed by atoms with E-state index in [1.54, 1.807) is 0 Å². The van der Waals surface area contributed by atoms with E-state index >= 15 is 0 Å². The second-order valence-corrected chi connectivity index (χ2v) is 7.00. The van der Waals surface area contributed by atoms with Crippen molar-refractivity contribution in [3.05, 3.63) is 46.7 Å². The van der Waals surface area contributed by atoms with Gasteiger partial charge in [0.2, 0.25) is 5.96 Å². The van der Waals surface area contributed by atoms with E-state index in [1.165, 1.54) is 6.08 Å². The van der Waals surface area contributed by atoms with Crippen molar-refractivity contribution < 1.29 is 26.3 Å². The van der Waals surface area contributed by atoms with Gasteiger partial charge in [0, 0.05) is 17.8 Å². The van der Waals surface area contributed by atoms with Crippen LogP contribution in [-0.4, -0.2) is 23.9 Å². The number of guanidine groups is 1. The van der Waals surface area contributed by atoms with Crippen molar-refractivity contribution in [2.75, 3.05) is 0 Å². The van der Waals surface area contributed by atoms with Crippen LogP contribution in [0.1, 0.15) is 48.8 Å². The van der Waals surface area contributed by atoms with Gasteiger partial charge in [-0.15, -0.1) is 10.2 Å². The second kappa shape index (κ2) is 8.49. The summed E-state index contributed by atoms with van der Waals surface area (Å²) in [5, 5.41) is 20.9. The average molecular weight is 431 g/mol. The lowest BCUT2D eigenvalue weighted by atomic mass is 9.95.